The molecule has 4 fully saturated rings. The quantitative estimate of drug-likeness (QED) is 0.565. The Morgan fingerprint density at radius 2 is 1.88 bits per heavy atom. The third kappa shape index (κ3) is 4.02. The Hall–Kier alpha value is -1.43. The van der Waals surface area contributed by atoms with Crippen molar-refractivity contribution in [3.05, 3.63) is 0 Å². The van der Waals surface area contributed by atoms with Gasteiger partial charge in [0.05, 0.1) is 25.7 Å². The topological polar surface area (TPSA) is 89.9 Å². The van der Waals surface area contributed by atoms with Gasteiger partial charge in [0.25, 0.3) is 0 Å². The lowest BCUT2D eigenvalue weighted by molar-refractivity contribution is -0.183. The van der Waals surface area contributed by atoms with Crippen LogP contribution in [0, 0.1) is 52.3 Å². The third-order valence-electron chi connectivity index (χ3n) is 11.0. The largest absolute Gasteiger partial charge is 0.469 e. The van der Waals surface area contributed by atoms with Crippen molar-refractivity contribution in [2.24, 2.45) is 52.3 Å². The van der Waals surface area contributed by atoms with Crippen LogP contribution in [0.2, 0.25) is 0 Å². The van der Waals surface area contributed by atoms with Crippen molar-refractivity contribution in [1.82, 2.24) is 0 Å². The van der Waals surface area contributed by atoms with Crippen molar-refractivity contribution in [2.45, 2.75) is 91.6 Å². The summed E-state index contributed by atoms with van der Waals surface area (Å²) in [5.41, 5.74) is -0.309. The van der Waals surface area contributed by atoms with E-state index in [1.807, 2.05) is 6.92 Å². The Balaban J connectivity index is 1.54. The van der Waals surface area contributed by atoms with Crippen LogP contribution in [0.3, 0.4) is 0 Å². The maximum atomic E-state index is 13.7. The normalized spacial score (nSPS) is 44.4. The van der Waals surface area contributed by atoms with Crippen molar-refractivity contribution in [2.75, 3.05) is 13.7 Å². The minimum absolute atomic E-state index is 0.00611. The maximum absolute atomic E-state index is 13.7. The molecule has 0 heterocycles. The number of carbonyl (C=O) groups excluding carboxylic acids is 3. The monoisotopic (exact) mass is 476 g/mol. The zero-order valence-corrected chi connectivity index (χ0v) is 21.7. The van der Waals surface area contributed by atoms with E-state index in [2.05, 4.69) is 20.8 Å². The number of ether oxygens (including phenoxy) is 2. The van der Waals surface area contributed by atoms with Gasteiger partial charge < -0.3 is 14.6 Å². The zero-order valence-electron chi connectivity index (χ0n) is 21.7. The molecular weight excluding hydrogens is 432 g/mol. The van der Waals surface area contributed by atoms with E-state index in [4.69, 9.17) is 9.47 Å². The molecule has 4 rings (SSSR count). The van der Waals surface area contributed by atoms with E-state index in [9.17, 15) is 19.5 Å². The number of hydrogen-bond acceptors (Lipinski definition) is 6. The second-order valence-electron chi connectivity index (χ2n) is 12.2. The van der Waals surface area contributed by atoms with E-state index in [-0.39, 0.29) is 52.4 Å². The number of rotatable bonds is 6. The lowest BCUT2D eigenvalue weighted by atomic mass is 9.43. The molecule has 0 amide bonds. The average Bonchev–Trinajstić information content (AvgIpc) is 3.16. The van der Waals surface area contributed by atoms with Crippen LogP contribution >= 0.6 is 0 Å². The summed E-state index contributed by atoms with van der Waals surface area (Å²) in [6.07, 6.45) is 6.37. The van der Waals surface area contributed by atoms with Crippen LogP contribution in [0.4, 0.5) is 0 Å². The fraction of sp³-hybridized carbons (Fsp3) is 0.893. The number of aliphatic hydroxyl groups excluding tert-OH is 1. The number of hydrogen-bond donors (Lipinski definition) is 1. The van der Waals surface area contributed by atoms with E-state index in [1.54, 1.807) is 0 Å². The van der Waals surface area contributed by atoms with Gasteiger partial charge in [-0.2, -0.15) is 0 Å². The summed E-state index contributed by atoms with van der Waals surface area (Å²) < 4.78 is 10.1. The minimum Gasteiger partial charge on any atom is -0.469 e. The molecule has 6 nitrogen and oxygen atoms in total. The first-order valence-electron chi connectivity index (χ1n) is 13.5. The fourth-order valence-electron chi connectivity index (χ4n) is 8.99. The lowest BCUT2D eigenvalue weighted by Crippen LogP contribution is -2.61. The molecule has 4 saturated carbocycles. The van der Waals surface area contributed by atoms with Gasteiger partial charge in [0.15, 0.2) is 0 Å². The number of aliphatic hydroxyl groups is 1. The SMILES string of the molecule is CCOC(=O)[C@H]1CC[C@@]2(C)[C@H](CC(=O)[C@@H]3[C@@H]2C[C@H](O)[C@]2(C)[C@@H]([C@@H](C)CCC(=O)OC)CC[C@@H]32)C1. The van der Waals surface area contributed by atoms with Crippen LogP contribution in [-0.4, -0.2) is 42.6 Å². The summed E-state index contributed by atoms with van der Waals surface area (Å²) in [5, 5.41) is 11.6. The van der Waals surface area contributed by atoms with Gasteiger partial charge in [-0.25, -0.2) is 0 Å². The fourth-order valence-corrected chi connectivity index (χ4v) is 8.99. The van der Waals surface area contributed by atoms with E-state index < -0.39 is 6.10 Å². The van der Waals surface area contributed by atoms with Gasteiger partial charge in [-0.15, -0.1) is 0 Å². The number of fused-ring (bicyclic) bond motifs is 5. The van der Waals surface area contributed by atoms with Crippen molar-refractivity contribution in [3.8, 4) is 0 Å². The van der Waals surface area contributed by atoms with Gasteiger partial charge in [0, 0.05) is 24.2 Å². The number of esters is 2. The predicted octanol–water partition coefficient (Wildman–Crippen LogP) is 4.56. The highest BCUT2D eigenvalue weighted by Crippen LogP contribution is 2.68. The summed E-state index contributed by atoms with van der Waals surface area (Å²) in [5.74, 6) is 1.11. The van der Waals surface area contributed by atoms with E-state index in [0.29, 0.717) is 43.5 Å². The first kappa shape index (κ1) is 25.7. The summed E-state index contributed by atoms with van der Waals surface area (Å²) in [4.78, 5) is 37.8. The molecule has 0 unspecified atom stereocenters. The Morgan fingerprint density at radius 1 is 1.15 bits per heavy atom. The van der Waals surface area contributed by atoms with Gasteiger partial charge in [0.1, 0.15) is 5.78 Å². The van der Waals surface area contributed by atoms with Crippen molar-refractivity contribution in [3.63, 3.8) is 0 Å². The third-order valence-corrected chi connectivity index (χ3v) is 11.0. The molecule has 1 N–H and O–H groups in total. The summed E-state index contributed by atoms with van der Waals surface area (Å²) in [6, 6.07) is 0. The summed E-state index contributed by atoms with van der Waals surface area (Å²) in [7, 11) is 1.42. The molecule has 6 heteroatoms. The van der Waals surface area contributed by atoms with E-state index in [0.717, 1.165) is 38.5 Å². The zero-order chi connectivity index (χ0) is 24.8. The summed E-state index contributed by atoms with van der Waals surface area (Å²) >= 11 is 0. The van der Waals surface area contributed by atoms with Crippen molar-refractivity contribution >= 4 is 17.7 Å². The van der Waals surface area contributed by atoms with E-state index >= 15 is 0 Å². The van der Waals surface area contributed by atoms with Gasteiger partial charge in [0.2, 0.25) is 0 Å². The van der Waals surface area contributed by atoms with Gasteiger partial charge >= 0.3 is 11.9 Å². The number of ketones is 1. The highest BCUT2D eigenvalue weighted by atomic mass is 16.5. The van der Waals surface area contributed by atoms with Crippen LogP contribution < -0.4 is 0 Å². The minimum atomic E-state index is -0.446. The highest BCUT2D eigenvalue weighted by molar-refractivity contribution is 5.84. The molecule has 34 heavy (non-hydrogen) atoms. The average molecular weight is 477 g/mol. The number of methoxy groups -OCH3 is 1. The summed E-state index contributed by atoms with van der Waals surface area (Å²) in [6.45, 7) is 8.96. The molecular formula is C28H44O6. The standard InChI is InChI=1S/C28H44O6/c1-6-34-26(32)17-11-12-27(3)18(13-17)14-22(29)25-20-9-8-19(16(2)7-10-24(31)33-5)28(20,4)23(30)15-21(25)27/h16-21,23,25,30H,6-15H2,1-5H3/t16-,17-,18-,19+,20-,21-,23-,25-,27-,28+/m0/s1. The smallest absolute Gasteiger partial charge is 0.308 e. The molecule has 0 aliphatic heterocycles. The second-order valence-corrected chi connectivity index (χ2v) is 12.2. The van der Waals surface area contributed by atoms with Crippen LogP contribution in [0.5, 0.6) is 0 Å². The molecule has 0 radical (unpaired) electrons. The Kier molecular flexibility index (Phi) is 7.21. The van der Waals surface area contributed by atoms with Crippen LogP contribution in [0.25, 0.3) is 0 Å². The molecule has 0 bridgehead atoms. The number of Topliss-reactive ketones (excluding diaryl/α,β-unsaturated/α-hetero) is 1. The molecule has 0 aromatic carbocycles. The highest BCUT2D eigenvalue weighted by Gasteiger charge is 2.66. The Bertz CT molecular complexity index is 809. The van der Waals surface area contributed by atoms with Crippen molar-refractivity contribution in [1.29, 1.82) is 0 Å². The molecule has 0 spiro atoms. The molecule has 192 valence electrons. The van der Waals surface area contributed by atoms with E-state index in [1.165, 1.54) is 7.11 Å². The van der Waals surface area contributed by atoms with Gasteiger partial charge in [-0.3, -0.25) is 14.4 Å². The van der Waals surface area contributed by atoms with Crippen LogP contribution in [-0.2, 0) is 23.9 Å². The molecule has 0 saturated heterocycles. The molecule has 10 atom stereocenters. The number of carbonyl (C=O) groups is 3. The maximum Gasteiger partial charge on any atom is 0.308 e. The second kappa shape index (κ2) is 9.55. The predicted molar refractivity (Wildman–Crippen MR) is 128 cm³/mol. The van der Waals surface area contributed by atoms with Gasteiger partial charge in [-0.1, -0.05) is 20.8 Å². The van der Waals surface area contributed by atoms with Gasteiger partial charge in [-0.05, 0) is 86.9 Å². The van der Waals surface area contributed by atoms with Crippen molar-refractivity contribution < 1.29 is 29.0 Å². The Morgan fingerprint density at radius 3 is 2.56 bits per heavy atom. The molecule has 0 aromatic heterocycles. The van der Waals surface area contributed by atoms with Crippen LogP contribution in [0.15, 0.2) is 0 Å². The first-order valence-corrected chi connectivity index (χ1v) is 13.5. The van der Waals surface area contributed by atoms with Crippen LogP contribution in [0.1, 0.15) is 85.5 Å². The molecule has 4 aliphatic carbocycles. The Labute approximate surface area is 204 Å². The molecule has 0 aromatic rings. The first-order chi connectivity index (χ1) is 16.1. The molecule has 4 aliphatic rings. The lowest BCUT2D eigenvalue weighted by Gasteiger charge is -2.61.